The number of halogens is 1. The number of aryl methyl sites for hydroxylation is 2. The van der Waals surface area contributed by atoms with Gasteiger partial charge in [-0.1, -0.05) is 72.3 Å². The summed E-state index contributed by atoms with van der Waals surface area (Å²) in [6.45, 7) is 3.74. The van der Waals surface area contributed by atoms with E-state index < -0.39 is 41.2 Å². The zero-order valence-electron chi connectivity index (χ0n) is 18.7. The average Bonchev–Trinajstić information content (AvgIpc) is 3.31. The Balaban J connectivity index is 1.73. The van der Waals surface area contributed by atoms with Gasteiger partial charge in [0.2, 0.25) is 11.8 Å². The first-order valence-corrected chi connectivity index (χ1v) is 11.4. The second-order valence-electron chi connectivity index (χ2n) is 8.91. The molecule has 2 N–H and O–H groups in total. The van der Waals surface area contributed by atoms with Crippen LogP contribution in [-0.4, -0.2) is 22.9 Å². The number of anilines is 1. The second-order valence-corrected chi connectivity index (χ2v) is 9.31. The highest BCUT2D eigenvalue weighted by molar-refractivity contribution is 6.32. The Hall–Kier alpha value is -3.48. The first-order chi connectivity index (χ1) is 16.3. The minimum absolute atomic E-state index is 0.343. The van der Waals surface area contributed by atoms with Gasteiger partial charge in [0.1, 0.15) is 0 Å². The molecule has 0 saturated carbocycles. The van der Waals surface area contributed by atoms with Crippen LogP contribution in [0.3, 0.4) is 0 Å². The predicted octanol–water partition coefficient (Wildman–Crippen LogP) is 4.39. The van der Waals surface area contributed by atoms with Crippen molar-refractivity contribution in [2.45, 2.75) is 25.4 Å². The molecule has 3 aromatic carbocycles. The smallest absolute Gasteiger partial charge is 0.329 e. The number of nitrogens with one attached hydrogen (secondary N) is 1. The molecule has 4 atom stereocenters. The van der Waals surface area contributed by atoms with Crippen LogP contribution in [-0.2, 0) is 19.9 Å². The van der Waals surface area contributed by atoms with Gasteiger partial charge in [-0.15, -0.1) is 0 Å². The number of carboxylic acids is 1. The van der Waals surface area contributed by atoms with Gasteiger partial charge in [-0.05, 0) is 48.2 Å². The van der Waals surface area contributed by atoms with E-state index in [4.69, 9.17) is 11.6 Å². The number of aliphatic carboxylic acids is 1. The van der Waals surface area contributed by atoms with Crippen molar-refractivity contribution >= 4 is 35.1 Å². The first kappa shape index (κ1) is 22.3. The van der Waals surface area contributed by atoms with Gasteiger partial charge in [0.15, 0.2) is 5.54 Å². The number of carbonyl (C=O) groups excluding carboxylic acids is 2. The summed E-state index contributed by atoms with van der Waals surface area (Å²) in [6.07, 6.45) is 0. The van der Waals surface area contributed by atoms with Gasteiger partial charge in [0, 0.05) is 11.1 Å². The van der Waals surface area contributed by atoms with Crippen LogP contribution in [0.5, 0.6) is 0 Å². The van der Waals surface area contributed by atoms with Gasteiger partial charge in [0.25, 0.3) is 0 Å². The summed E-state index contributed by atoms with van der Waals surface area (Å²) in [5, 5.41) is 14.2. The highest BCUT2D eigenvalue weighted by Crippen LogP contribution is 2.54. The topological polar surface area (TPSA) is 86.7 Å². The summed E-state index contributed by atoms with van der Waals surface area (Å²) < 4.78 is 0. The number of fused-ring (bicyclic) bond motifs is 1. The van der Waals surface area contributed by atoms with Crippen LogP contribution in [0, 0.1) is 25.7 Å². The van der Waals surface area contributed by atoms with E-state index in [2.05, 4.69) is 5.32 Å². The number of carbonyl (C=O) groups is 3. The van der Waals surface area contributed by atoms with Crippen LogP contribution in [0.2, 0.25) is 5.02 Å². The standard InChI is InChI=1S/C27H23ClN2O4/c1-15-8-6-7-11-19(15)23-21-22(27(29-23,26(33)34)17-9-4-3-5-10-17)25(32)30(24(21)31)18-13-12-16(2)20(28)14-18/h3-14,21-23,29H,1-2H3,(H,33,34). The highest BCUT2D eigenvalue weighted by Gasteiger charge is 2.69. The monoisotopic (exact) mass is 474 g/mol. The summed E-state index contributed by atoms with van der Waals surface area (Å²) in [4.78, 5) is 41.8. The van der Waals surface area contributed by atoms with Crippen molar-refractivity contribution in [3.63, 3.8) is 0 Å². The maximum absolute atomic E-state index is 13.9. The minimum Gasteiger partial charge on any atom is -0.480 e. The molecule has 4 unspecified atom stereocenters. The van der Waals surface area contributed by atoms with Crippen molar-refractivity contribution < 1.29 is 19.5 Å². The Morgan fingerprint density at radius 3 is 2.26 bits per heavy atom. The van der Waals surface area contributed by atoms with E-state index in [0.29, 0.717) is 16.3 Å². The van der Waals surface area contributed by atoms with Crippen LogP contribution in [0.15, 0.2) is 72.8 Å². The second kappa shape index (κ2) is 8.08. The molecule has 2 heterocycles. The predicted molar refractivity (Wildman–Crippen MR) is 128 cm³/mol. The van der Waals surface area contributed by atoms with Gasteiger partial charge < -0.3 is 5.11 Å². The Bertz CT molecular complexity index is 1330. The molecule has 0 spiro atoms. The molecule has 0 bridgehead atoms. The Labute approximate surface area is 202 Å². The van der Waals surface area contributed by atoms with Crippen LogP contribution >= 0.6 is 11.6 Å². The van der Waals surface area contributed by atoms with Crippen LogP contribution < -0.4 is 10.2 Å². The molecule has 34 heavy (non-hydrogen) atoms. The SMILES string of the molecule is Cc1ccc(N2C(=O)C3C(c4ccccc4C)NC(C(=O)O)(c4ccccc4)C3C2=O)cc1Cl. The molecule has 2 aliphatic rings. The average molecular weight is 475 g/mol. The molecule has 0 aliphatic carbocycles. The molecule has 2 saturated heterocycles. The zero-order chi connectivity index (χ0) is 24.2. The molecule has 2 fully saturated rings. The molecule has 2 amide bonds. The summed E-state index contributed by atoms with van der Waals surface area (Å²) in [5.41, 5.74) is 1.52. The van der Waals surface area contributed by atoms with Crippen LogP contribution in [0.4, 0.5) is 5.69 Å². The highest BCUT2D eigenvalue weighted by atomic mass is 35.5. The lowest BCUT2D eigenvalue weighted by Gasteiger charge is -2.32. The quantitative estimate of drug-likeness (QED) is 0.548. The molecule has 2 aliphatic heterocycles. The molecular weight excluding hydrogens is 452 g/mol. The normalized spacial score (nSPS) is 26.1. The van der Waals surface area contributed by atoms with E-state index in [9.17, 15) is 19.5 Å². The number of imide groups is 1. The van der Waals surface area contributed by atoms with Gasteiger partial charge in [0.05, 0.1) is 17.5 Å². The van der Waals surface area contributed by atoms with Gasteiger partial charge in [-0.3, -0.25) is 14.9 Å². The van der Waals surface area contributed by atoms with Crippen LogP contribution in [0.25, 0.3) is 0 Å². The maximum Gasteiger partial charge on any atom is 0.329 e. The number of benzene rings is 3. The number of rotatable bonds is 4. The minimum atomic E-state index is -1.77. The largest absolute Gasteiger partial charge is 0.480 e. The van der Waals surface area contributed by atoms with E-state index in [1.807, 2.05) is 38.1 Å². The number of amides is 2. The third-order valence-electron chi connectivity index (χ3n) is 7.06. The van der Waals surface area contributed by atoms with Gasteiger partial charge >= 0.3 is 5.97 Å². The van der Waals surface area contributed by atoms with E-state index >= 15 is 0 Å². The fourth-order valence-electron chi connectivity index (χ4n) is 5.37. The molecule has 5 rings (SSSR count). The fourth-order valence-corrected chi connectivity index (χ4v) is 5.55. The summed E-state index contributed by atoms with van der Waals surface area (Å²) in [5.74, 6) is -4.22. The number of hydrogen-bond donors (Lipinski definition) is 2. The van der Waals surface area contributed by atoms with Crippen molar-refractivity contribution in [2.24, 2.45) is 11.8 Å². The van der Waals surface area contributed by atoms with Gasteiger partial charge in [-0.25, -0.2) is 9.69 Å². The summed E-state index contributed by atoms with van der Waals surface area (Å²) in [6, 6.07) is 20.5. The maximum atomic E-state index is 13.9. The third kappa shape index (κ3) is 3.10. The lowest BCUT2D eigenvalue weighted by molar-refractivity contribution is -0.149. The lowest BCUT2D eigenvalue weighted by atomic mass is 9.75. The Morgan fingerprint density at radius 2 is 1.62 bits per heavy atom. The number of hydrogen-bond acceptors (Lipinski definition) is 4. The molecule has 0 radical (unpaired) electrons. The van der Waals surface area contributed by atoms with Crippen molar-refractivity contribution in [1.29, 1.82) is 0 Å². The van der Waals surface area contributed by atoms with E-state index in [0.717, 1.165) is 21.6 Å². The molecular formula is C27H23ClN2O4. The van der Waals surface area contributed by atoms with Crippen molar-refractivity contribution in [1.82, 2.24) is 5.32 Å². The Morgan fingerprint density at radius 1 is 0.941 bits per heavy atom. The first-order valence-electron chi connectivity index (χ1n) is 11.0. The zero-order valence-corrected chi connectivity index (χ0v) is 19.4. The number of carboxylic acid groups (broad SMARTS) is 1. The van der Waals surface area contributed by atoms with Crippen molar-refractivity contribution in [2.75, 3.05) is 4.90 Å². The van der Waals surface area contributed by atoms with Gasteiger partial charge in [-0.2, -0.15) is 0 Å². The molecule has 3 aromatic rings. The van der Waals surface area contributed by atoms with Crippen LogP contribution in [0.1, 0.15) is 28.3 Å². The molecule has 6 nitrogen and oxygen atoms in total. The van der Waals surface area contributed by atoms with Crippen molar-refractivity contribution in [3.8, 4) is 0 Å². The number of nitrogens with zero attached hydrogens (tertiary/aromatic N) is 1. The summed E-state index contributed by atoms with van der Waals surface area (Å²) >= 11 is 6.30. The van der Waals surface area contributed by atoms with Crippen molar-refractivity contribution in [3.05, 3.63) is 100 Å². The molecule has 0 aromatic heterocycles. The summed E-state index contributed by atoms with van der Waals surface area (Å²) in [7, 11) is 0. The van der Waals surface area contributed by atoms with E-state index in [-0.39, 0.29) is 0 Å². The molecule has 172 valence electrons. The fraction of sp³-hybridized carbons (Fsp3) is 0.222. The molecule has 7 heteroatoms. The van der Waals surface area contributed by atoms with E-state index in [1.54, 1.807) is 48.5 Å². The van der Waals surface area contributed by atoms with E-state index in [1.165, 1.54) is 0 Å². The Kier molecular flexibility index (Phi) is 5.30. The third-order valence-corrected chi connectivity index (χ3v) is 7.47. The lowest BCUT2D eigenvalue weighted by Crippen LogP contribution is -2.53.